The molecule has 0 aliphatic heterocycles. The van der Waals surface area contributed by atoms with E-state index in [0.29, 0.717) is 35.5 Å². The Balaban J connectivity index is 1.30. The molecule has 0 unspecified atom stereocenters. The van der Waals surface area contributed by atoms with E-state index in [1.165, 1.54) is 0 Å². The molecule has 0 saturated carbocycles. The number of carbonyl (C=O) groups excluding carboxylic acids is 2. The average molecular weight is 867 g/mol. The number of carbonyl (C=O) groups is 2. The maximum atomic E-state index is 14.0. The van der Waals surface area contributed by atoms with Gasteiger partial charge in [-0.3, -0.25) is 19.7 Å². The zero-order chi connectivity index (χ0) is 37.0. The van der Waals surface area contributed by atoms with Crippen LogP contribution in [0.15, 0.2) is 129 Å². The van der Waals surface area contributed by atoms with Gasteiger partial charge in [-0.1, -0.05) is 79.9 Å². The van der Waals surface area contributed by atoms with E-state index in [9.17, 15) is 28.1 Å². The molecule has 264 valence electrons. The molecule has 0 fully saturated rings. The SMILES string of the molecule is O=C(N[C@@H](Cc1ccc(OCc2ccc(Br)cc2)cc1)C(=O)S(=O)(=O)c1ccc(Cl)c([N+](=O)[O-])c1)c1cn(Cc2ccc(Br)cc2)c2ncccc12. The van der Waals surface area contributed by atoms with Crippen LogP contribution in [0.5, 0.6) is 5.75 Å². The molecule has 0 saturated heterocycles. The molecule has 15 heteroatoms. The fourth-order valence-electron chi connectivity index (χ4n) is 5.45. The molecule has 2 aromatic heterocycles. The Bertz CT molecular complexity index is 2400. The highest BCUT2D eigenvalue weighted by Crippen LogP contribution is 2.29. The molecule has 4 aromatic carbocycles. The molecule has 11 nitrogen and oxygen atoms in total. The molecule has 0 spiro atoms. The largest absolute Gasteiger partial charge is 0.489 e. The van der Waals surface area contributed by atoms with E-state index in [1.54, 1.807) is 53.4 Å². The number of fused-ring (bicyclic) bond motifs is 1. The summed E-state index contributed by atoms with van der Waals surface area (Å²) in [6, 6.07) is 26.5. The van der Waals surface area contributed by atoms with Crippen LogP contribution in [0.1, 0.15) is 27.0 Å². The van der Waals surface area contributed by atoms with Crippen molar-refractivity contribution in [3.63, 3.8) is 0 Å². The Morgan fingerprint density at radius 1 is 0.904 bits per heavy atom. The molecule has 0 radical (unpaired) electrons. The zero-order valence-electron chi connectivity index (χ0n) is 26.9. The summed E-state index contributed by atoms with van der Waals surface area (Å²) in [7, 11) is -4.86. The second-order valence-electron chi connectivity index (χ2n) is 11.7. The first-order valence-electron chi connectivity index (χ1n) is 15.6. The number of nitrogens with zero attached hydrogens (tertiary/aromatic N) is 3. The maximum absolute atomic E-state index is 14.0. The Morgan fingerprint density at radius 3 is 2.19 bits per heavy atom. The second-order valence-corrected chi connectivity index (χ2v) is 15.8. The highest BCUT2D eigenvalue weighted by molar-refractivity contribution is 9.10. The molecule has 1 amide bonds. The van der Waals surface area contributed by atoms with E-state index in [0.717, 1.165) is 38.3 Å². The summed E-state index contributed by atoms with van der Waals surface area (Å²) in [6.45, 7) is 0.690. The Morgan fingerprint density at radius 2 is 1.54 bits per heavy atom. The van der Waals surface area contributed by atoms with Gasteiger partial charge in [0.1, 0.15) is 29.1 Å². The van der Waals surface area contributed by atoms with Crippen molar-refractivity contribution < 1.29 is 27.7 Å². The number of nitro groups is 1. The molecule has 1 atom stereocenters. The summed E-state index contributed by atoms with van der Waals surface area (Å²) < 4.78 is 36.9. The van der Waals surface area contributed by atoms with Crippen molar-refractivity contribution in [1.29, 1.82) is 0 Å². The van der Waals surface area contributed by atoms with Gasteiger partial charge >= 0.3 is 0 Å². The Labute approximate surface area is 319 Å². The van der Waals surface area contributed by atoms with Crippen LogP contribution >= 0.6 is 43.5 Å². The highest BCUT2D eigenvalue weighted by Gasteiger charge is 2.35. The van der Waals surface area contributed by atoms with Gasteiger partial charge < -0.3 is 14.6 Å². The molecular formula is C37H27Br2ClN4O7S. The number of nitrogens with one attached hydrogen (secondary N) is 1. The Hall–Kier alpha value is -4.89. The predicted octanol–water partition coefficient (Wildman–Crippen LogP) is 8.09. The van der Waals surface area contributed by atoms with Gasteiger partial charge in [0, 0.05) is 45.8 Å². The minimum Gasteiger partial charge on any atom is -0.489 e. The number of nitro benzene ring substituents is 1. The number of rotatable bonds is 12. The lowest BCUT2D eigenvalue weighted by Crippen LogP contribution is -2.45. The van der Waals surface area contributed by atoms with E-state index < -0.39 is 42.4 Å². The van der Waals surface area contributed by atoms with Gasteiger partial charge in [0.25, 0.3) is 16.7 Å². The summed E-state index contributed by atoms with van der Waals surface area (Å²) in [5, 5.41) is 13.0. The van der Waals surface area contributed by atoms with E-state index in [4.69, 9.17) is 16.3 Å². The summed E-state index contributed by atoms with van der Waals surface area (Å²) >= 11 is 12.7. The van der Waals surface area contributed by atoms with Crippen LogP contribution < -0.4 is 10.1 Å². The van der Waals surface area contributed by atoms with Gasteiger partial charge in [0.05, 0.1) is 15.4 Å². The van der Waals surface area contributed by atoms with E-state index in [2.05, 4.69) is 42.2 Å². The molecule has 0 aliphatic rings. The van der Waals surface area contributed by atoms with Crippen LogP contribution in [-0.2, 0) is 34.2 Å². The molecule has 52 heavy (non-hydrogen) atoms. The van der Waals surface area contributed by atoms with Gasteiger partial charge in [0.15, 0.2) is 0 Å². The average Bonchev–Trinajstić information content (AvgIpc) is 3.50. The van der Waals surface area contributed by atoms with Crippen LogP contribution in [0.25, 0.3) is 11.0 Å². The number of ether oxygens (including phenoxy) is 1. The van der Waals surface area contributed by atoms with E-state index in [-0.39, 0.29) is 17.0 Å². The highest BCUT2D eigenvalue weighted by atomic mass is 79.9. The van der Waals surface area contributed by atoms with Crippen LogP contribution in [0, 0.1) is 10.1 Å². The quantitative estimate of drug-likeness (QED) is 0.0959. The lowest BCUT2D eigenvalue weighted by Gasteiger charge is -2.18. The Kier molecular flexibility index (Phi) is 11.2. The van der Waals surface area contributed by atoms with Crippen LogP contribution in [0.2, 0.25) is 5.02 Å². The smallest absolute Gasteiger partial charge is 0.289 e. The van der Waals surface area contributed by atoms with E-state index >= 15 is 0 Å². The lowest BCUT2D eigenvalue weighted by atomic mass is 10.1. The number of sulfone groups is 1. The standard InChI is InChI=1S/C37H27Br2ClN4O7S/c38-26-9-3-24(4-10-26)20-43-21-31(30-2-1-17-41-35(30)43)36(45)42-33(37(46)52(49,50)29-15-16-32(40)34(19-29)44(47)48)18-23-7-13-28(14-8-23)51-22-25-5-11-27(39)12-6-25/h1-17,19,21,33H,18,20,22H2,(H,42,45)/t33-/m0/s1. The molecular weight excluding hydrogens is 840 g/mol. The number of aromatic nitrogens is 2. The monoisotopic (exact) mass is 864 g/mol. The van der Waals surface area contributed by atoms with Crippen molar-refractivity contribution in [2.75, 3.05) is 0 Å². The van der Waals surface area contributed by atoms with Crippen molar-refractivity contribution >= 4 is 81.0 Å². The number of amides is 1. The molecule has 6 rings (SSSR count). The van der Waals surface area contributed by atoms with Crippen LogP contribution in [0.4, 0.5) is 5.69 Å². The van der Waals surface area contributed by atoms with Crippen molar-refractivity contribution in [2.45, 2.75) is 30.5 Å². The maximum Gasteiger partial charge on any atom is 0.289 e. The van der Waals surface area contributed by atoms with Gasteiger partial charge in [-0.25, -0.2) is 13.4 Å². The van der Waals surface area contributed by atoms with Crippen molar-refractivity contribution in [2.24, 2.45) is 0 Å². The summed E-state index contributed by atoms with van der Waals surface area (Å²) in [5.41, 5.74) is 2.42. The first-order chi connectivity index (χ1) is 24.9. The van der Waals surface area contributed by atoms with Crippen molar-refractivity contribution in [3.8, 4) is 5.75 Å². The minimum atomic E-state index is -4.86. The molecule has 0 bridgehead atoms. The fourth-order valence-corrected chi connectivity index (χ4v) is 7.43. The lowest BCUT2D eigenvalue weighted by molar-refractivity contribution is -0.384. The van der Waals surface area contributed by atoms with Gasteiger partial charge in [-0.15, -0.1) is 0 Å². The summed E-state index contributed by atoms with van der Waals surface area (Å²) in [6.07, 6.45) is 2.98. The normalized spacial score (nSPS) is 12.0. The van der Waals surface area contributed by atoms with Crippen molar-refractivity contribution in [1.82, 2.24) is 14.9 Å². The van der Waals surface area contributed by atoms with E-state index in [1.807, 2.05) is 48.5 Å². The topological polar surface area (TPSA) is 150 Å². The molecule has 2 heterocycles. The molecule has 0 aliphatic carbocycles. The predicted molar refractivity (Wildman–Crippen MR) is 203 cm³/mol. The third-order valence-corrected chi connectivity index (χ3v) is 11.2. The summed E-state index contributed by atoms with van der Waals surface area (Å²) in [5.74, 6) is -0.177. The summed E-state index contributed by atoms with van der Waals surface area (Å²) in [4.78, 5) is 42.4. The van der Waals surface area contributed by atoms with Gasteiger partial charge in [-0.2, -0.15) is 0 Å². The van der Waals surface area contributed by atoms with Crippen LogP contribution in [0.3, 0.4) is 0 Å². The fraction of sp³-hybridized carbons (Fsp3) is 0.108. The number of halogens is 3. The second kappa shape index (κ2) is 15.8. The number of pyridine rings is 1. The zero-order valence-corrected chi connectivity index (χ0v) is 31.7. The molecule has 6 aromatic rings. The van der Waals surface area contributed by atoms with Gasteiger partial charge in [-0.05, 0) is 77.4 Å². The third kappa shape index (κ3) is 8.42. The first kappa shape index (κ1) is 36.9. The third-order valence-electron chi connectivity index (χ3n) is 8.11. The number of hydrogen-bond donors (Lipinski definition) is 1. The number of benzene rings is 4. The van der Waals surface area contributed by atoms with Gasteiger partial charge in [0.2, 0.25) is 9.84 Å². The van der Waals surface area contributed by atoms with Crippen LogP contribution in [-0.4, -0.2) is 40.0 Å². The number of hydrogen-bond acceptors (Lipinski definition) is 8. The molecule has 1 N–H and O–H groups in total. The first-order valence-corrected chi connectivity index (χ1v) is 19.0. The van der Waals surface area contributed by atoms with Crippen molar-refractivity contribution in [3.05, 3.63) is 162 Å². The minimum absolute atomic E-state index is 0.175.